The van der Waals surface area contributed by atoms with Crippen LogP contribution >= 0.6 is 11.8 Å². The second-order valence-corrected chi connectivity index (χ2v) is 12.2. The lowest BCUT2D eigenvalue weighted by Crippen LogP contribution is -2.44. The molecule has 1 aromatic heterocycles. The SMILES string of the molecule is Cc1ccc(-n2nc(C(C)(C)C)c3c2N(CC(=O)NC(C)C)C(=O)CS[C@@H]3c2ccc3c(c2)OCO3)cc1. The van der Waals surface area contributed by atoms with Crippen LogP contribution in [0.4, 0.5) is 5.82 Å². The Labute approximate surface area is 227 Å². The van der Waals surface area contributed by atoms with Gasteiger partial charge < -0.3 is 14.8 Å². The lowest BCUT2D eigenvalue weighted by molar-refractivity contribution is -0.123. The number of benzene rings is 2. The number of amides is 2. The minimum atomic E-state index is -0.325. The lowest BCUT2D eigenvalue weighted by atomic mass is 9.87. The monoisotopic (exact) mass is 534 g/mol. The number of nitrogens with zero attached hydrogens (tertiary/aromatic N) is 3. The zero-order valence-corrected chi connectivity index (χ0v) is 23.5. The number of aryl methyl sites for hydroxylation is 1. The van der Waals surface area contributed by atoms with Gasteiger partial charge in [0.05, 0.1) is 22.4 Å². The van der Waals surface area contributed by atoms with Gasteiger partial charge in [-0.15, -0.1) is 11.8 Å². The third kappa shape index (κ3) is 4.99. The molecule has 0 saturated carbocycles. The number of aromatic nitrogens is 2. The van der Waals surface area contributed by atoms with Crippen molar-refractivity contribution in [2.24, 2.45) is 0 Å². The molecule has 0 fully saturated rings. The highest BCUT2D eigenvalue weighted by Gasteiger charge is 2.40. The summed E-state index contributed by atoms with van der Waals surface area (Å²) in [6, 6.07) is 13.9. The van der Waals surface area contributed by atoms with Crippen molar-refractivity contribution in [3.8, 4) is 17.2 Å². The number of carbonyl (C=O) groups is 2. The summed E-state index contributed by atoms with van der Waals surface area (Å²) >= 11 is 1.55. The highest BCUT2D eigenvalue weighted by atomic mass is 32.2. The molecule has 0 spiro atoms. The van der Waals surface area contributed by atoms with E-state index < -0.39 is 0 Å². The van der Waals surface area contributed by atoms with Gasteiger partial charge in [-0.1, -0.05) is 44.5 Å². The lowest BCUT2D eigenvalue weighted by Gasteiger charge is -2.25. The standard InChI is InChI=1S/C29H34N4O4S/c1-17(2)30-23(34)14-32-24(35)15-38-26(19-9-12-21-22(13-19)37-16-36-21)25-27(29(4,5)6)31-33(28(25)32)20-10-7-18(3)8-11-20/h7-13,17,26H,14-16H2,1-6H3,(H,30,34)/t26-/m1/s1. The van der Waals surface area contributed by atoms with Gasteiger partial charge in [0.15, 0.2) is 11.5 Å². The smallest absolute Gasteiger partial charge is 0.240 e. The number of hydrogen-bond donors (Lipinski definition) is 1. The first-order chi connectivity index (χ1) is 18.0. The molecule has 38 heavy (non-hydrogen) atoms. The number of carbonyl (C=O) groups excluding carboxylic acids is 2. The van der Waals surface area contributed by atoms with Gasteiger partial charge in [0.1, 0.15) is 12.4 Å². The Bertz CT molecular complexity index is 1370. The fourth-order valence-electron chi connectivity index (χ4n) is 4.79. The van der Waals surface area contributed by atoms with Crippen LogP contribution < -0.4 is 19.7 Å². The number of anilines is 1. The van der Waals surface area contributed by atoms with Crippen LogP contribution in [0.5, 0.6) is 11.5 Å². The average Bonchev–Trinajstić information content (AvgIpc) is 3.44. The highest BCUT2D eigenvalue weighted by molar-refractivity contribution is 8.00. The highest BCUT2D eigenvalue weighted by Crippen LogP contribution is 2.49. The predicted octanol–water partition coefficient (Wildman–Crippen LogP) is 4.90. The van der Waals surface area contributed by atoms with Crippen LogP contribution in [-0.4, -0.2) is 46.7 Å². The predicted molar refractivity (Wildman–Crippen MR) is 149 cm³/mol. The van der Waals surface area contributed by atoms with Crippen LogP contribution in [0.2, 0.25) is 0 Å². The number of fused-ring (bicyclic) bond motifs is 2. The molecule has 5 rings (SSSR count). The van der Waals surface area contributed by atoms with Crippen molar-refractivity contribution in [1.82, 2.24) is 15.1 Å². The van der Waals surface area contributed by atoms with Gasteiger partial charge >= 0.3 is 0 Å². The van der Waals surface area contributed by atoms with Crippen molar-refractivity contribution >= 4 is 29.4 Å². The average molecular weight is 535 g/mol. The molecule has 2 aliphatic heterocycles. The molecule has 9 heteroatoms. The number of hydrogen-bond acceptors (Lipinski definition) is 6. The molecular weight excluding hydrogens is 500 g/mol. The molecule has 2 aliphatic rings. The molecule has 0 radical (unpaired) electrons. The van der Waals surface area contributed by atoms with E-state index in [2.05, 4.69) is 26.1 Å². The normalized spacial score (nSPS) is 17.0. The summed E-state index contributed by atoms with van der Waals surface area (Å²) in [5.41, 5.74) is 4.45. The van der Waals surface area contributed by atoms with Gasteiger partial charge in [-0.2, -0.15) is 5.10 Å². The second kappa shape index (κ2) is 10.0. The van der Waals surface area contributed by atoms with Crippen LogP contribution in [0.3, 0.4) is 0 Å². The minimum absolute atomic E-state index is 0.0352. The molecule has 3 heterocycles. The first-order valence-electron chi connectivity index (χ1n) is 12.8. The van der Waals surface area contributed by atoms with E-state index in [9.17, 15) is 9.59 Å². The van der Waals surface area contributed by atoms with Crippen molar-refractivity contribution in [1.29, 1.82) is 0 Å². The van der Waals surface area contributed by atoms with Crippen molar-refractivity contribution in [2.75, 3.05) is 24.0 Å². The molecule has 2 amide bonds. The summed E-state index contributed by atoms with van der Waals surface area (Å²) in [6.45, 7) is 12.3. The molecule has 0 bridgehead atoms. The maximum atomic E-state index is 13.7. The Kier molecular flexibility index (Phi) is 6.90. The Hall–Kier alpha value is -3.46. The maximum Gasteiger partial charge on any atom is 0.240 e. The quantitative estimate of drug-likeness (QED) is 0.501. The molecule has 0 saturated heterocycles. The number of nitrogens with one attached hydrogen (secondary N) is 1. The second-order valence-electron chi connectivity index (χ2n) is 11.1. The summed E-state index contributed by atoms with van der Waals surface area (Å²) in [6.07, 6.45) is 0. The Balaban J connectivity index is 1.75. The van der Waals surface area contributed by atoms with E-state index in [-0.39, 0.29) is 47.6 Å². The van der Waals surface area contributed by atoms with Gasteiger partial charge in [-0.3, -0.25) is 14.5 Å². The van der Waals surface area contributed by atoms with Crippen molar-refractivity contribution in [3.05, 3.63) is 64.8 Å². The van der Waals surface area contributed by atoms with E-state index in [1.807, 2.05) is 67.9 Å². The minimum Gasteiger partial charge on any atom is -0.454 e. The van der Waals surface area contributed by atoms with E-state index in [1.54, 1.807) is 16.7 Å². The zero-order chi connectivity index (χ0) is 27.2. The maximum absolute atomic E-state index is 13.7. The van der Waals surface area contributed by atoms with Crippen LogP contribution in [0.15, 0.2) is 42.5 Å². The zero-order valence-electron chi connectivity index (χ0n) is 22.7. The number of ether oxygens (including phenoxy) is 2. The fraction of sp³-hybridized carbons (Fsp3) is 0.414. The van der Waals surface area contributed by atoms with Crippen LogP contribution in [0, 0.1) is 6.92 Å². The molecule has 1 N–H and O–H groups in total. The largest absolute Gasteiger partial charge is 0.454 e. The third-order valence-electron chi connectivity index (χ3n) is 6.53. The van der Waals surface area contributed by atoms with Crippen LogP contribution in [0.25, 0.3) is 5.69 Å². The third-order valence-corrected chi connectivity index (χ3v) is 7.78. The Morgan fingerprint density at radius 2 is 1.84 bits per heavy atom. The molecule has 8 nitrogen and oxygen atoms in total. The van der Waals surface area contributed by atoms with Crippen molar-refractivity contribution in [2.45, 2.75) is 58.2 Å². The molecule has 2 aromatic carbocycles. The fourth-order valence-corrected chi connectivity index (χ4v) is 5.98. The summed E-state index contributed by atoms with van der Waals surface area (Å²) in [7, 11) is 0. The van der Waals surface area contributed by atoms with E-state index in [4.69, 9.17) is 14.6 Å². The molecule has 0 unspecified atom stereocenters. The Morgan fingerprint density at radius 1 is 1.13 bits per heavy atom. The summed E-state index contributed by atoms with van der Waals surface area (Å²) in [5, 5.41) is 7.87. The molecule has 0 aliphatic carbocycles. The van der Waals surface area contributed by atoms with Crippen molar-refractivity contribution < 1.29 is 19.1 Å². The van der Waals surface area contributed by atoms with E-state index in [1.165, 1.54) is 0 Å². The van der Waals surface area contributed by atoms with E-state index in [0.717, 1.165) is 28.1 Å². The number of rotatable bonds is 5. The van der Waals surface area contributed by atoms with Crippen LogP contribution in [-0.2, 0) is 15.0 Å². The van der Waals surface area contributed by atoms with Gasteiger partial charge in [-0.25, -0.2) is 4.68 Å². The first-order valence-corrected chi connectivity index (χ1v) is 13.9. The van der Waals surface area contributed by atoms with Gasteiger partial charge in [-0.05, 0) is 50.6 Å². The molecule has 3 aromatic rings. The summed E-state index contributed by atoms with van der Waals surface area (Å²) < 4.78 is 13.1. The molecule has 1 atom stereocenters. The first kappa shape index (κ1) is 26.2. The van der Waals surface area contributed by atoms with E-state index in [0.29, 0.717) is 17.3 Å². The summed E-state index contributed by atoms with van der Waals surface area (Å²) in [4.78, 5) is 28.3. The van der Waals surface area contributed by atoms with Crippen molar-refractivity contribution in [3.63, 3.8) is 0 Å². The van der Waals surface area contributed by atoms with E-state index >= 15 is 0 Å². The van der Waals surface area contributed by atoms with Gasteiger partial charge in [0, 0.05) is 17.0 Å². The molecule has 200 valence electrons. The topological polar surface area (TPSA) is 85.7 Å². The Morgan fingerprint density at radius 3 is 2.53 bits per heavy atom. The summed E-state index contributed by atoms with van der Waals surface area (Å²) in [5.74, 6) is 1.92. The van der Waals surface area contributed by atoms with Gasteiger partial charge in [0.2, 0.25) is 18.6 Å². The number of thioether (sulfide) groups is 1. The van der Waals surface area contributed by atoms with Gasteiger partial charge in [0.25, 0.3) is 0 Å². The molecular formula is C29H34N4O4S. The van der Waals surface area contributed by atoms with Crippen LogP contribution in [0.1, 0.15) is 62.3 Å².